The van der Waals surface area contributed by atoms with Gasteiger partial charge < -0.3 is 15.4 Å². The first kappa shape index (κ1) is 16.4. The highest BCUT2D eigenvalue weighted by molar-refractivity contribution is 6.28. The van der Waals surface area contributed by atoms with Gasteiger partial charge in [-0.3, -0.25) is 0 Å². The van der Waals surface area contributed by atoms with E-state index in [1.165, 1.54) is 13.1 Å². The van der Waals surface area contributed by atoms with Crippen LogP contribution in [-0.4, -0.2) is 41.6 Å². The Morgan fingerprint density at radius 1 is 1.55 bits per heavy atom. The fraction of sp³-hybridized carbons (Fsp3) is 0.545. The first-order valence-electron chi connectivity index (χ1n) is 5.89. The Hall–Kier alpha value is -1.70. The molecule has 1 heterocycles. The molecule has 0 aliphatic carbocycles. The highest BCUT2D eigenvalue weighted by Crippen LogP contribution is 2.25. The Morgan fingerprint density at radius 2 is 2.20 bits per heavy atom. The molecule has 0 fully saturated rings. The number of nitrogens with zero attached hydrogens (tertiary/aromatic N) is 3. The summed E-state index contributed by atoms with van der Waals surface area (Å²) in [6.45, 7) is 2.21. The van der Waals surface area contributed by atoms with Gasteiger partial charge in [-0.25, -0.2) is 9.78 Å². The predicted molar refractivity (Wildman–Crippen MR) is 70.9 cm³/mol. The van der Waals surface area contributed by atoms with Crippen LogP contribution in [-0.2, 0) is 9.53 Å². The van der Waals surface area contributed by atoms with Crippen LogP contribution >= 0.6 is 11.6 Å². The van der Waals surface area contributed by atoms with E-state index < -0.39 is 18.4 Å². The molecule has 0 atom stereocenters. The lowest BCUT2D eigenvalue weighted by Crippen LogP contribution is -2.44. The molecule has 9 heteroatoms. The van der Waals surface area contributed by atoms with Crippen LogP contribution in [0.15, 0.2) is 6.20 Å². The first-order chi connectivity index (χ1) is 9.31. The third kappa shape index (κ3) is 3.89. The van der Waals surface area contributed by atoms with Crippen molar-refractivity contribution in [2.24, 2.45) is 0 Å². The van der Waals surface area contributed by atoms with E-state index in [0.717, 1.165) is 4.90 Å². The molecule has 0 radical (unpaired) electrons. The molecule has 0 saturated heterocycles. The van der Waals surface area contributed by atoms with Gasteiger partial charge in [-0.15, -0.1) is 0 Å². The van der Waals surface area contributed by atoms with Crippen molar-refractivity contribution in [2.75, 3.05) is 30.3 Å². The Morgan fingerprint density at radius 3 is 2.75 bits per heavy atom. The van der Waals surface area contributed by atoms with E-state index in [9.17, 15) is 13.6 Å². The molecule has 6 nitrogen and oxygen atoms in total. The molecule has 1 rings (SSSR count). The molecule has 0 aliphatic rings. The molecule has 0 saturated carbocycles. The monoisotopic (exact) mass is 308 g/mol. The average molecular weight is 309 g/mol. The molecule has 1 aromatic heterocycles. The van der Waals surface area contributed by atoms with Gasteiger partial charge in [0, 0.05) is 6.54 Å². The quantitative estimate of drug-likeness (QED) is 0.637. The van der Waals surface area contributed by atoms with E-state index in [4.69, 9.17) is 17.3 Å². The van der Waals surface area contributed by atoms with E-state index in [1.54, 1.807) is 6.92 Å². The second-order valence-corrected chi connectivity index (χ2v) is 4.20. The maximum Gasteiger partial charge on any atom is 0.378 e. The third-order valence-corrected chi connectivity index (χ3v) is 2.59. The molecule has 2 N–H and O–H groups in total. The van der Waals surface area contributed by atoms with Gasteiger partial charge in [-0.05, 0) is 25.4 Å². The minimum absolute atomic E-state index is 0.0523. The van der Waals surface area contributed by atoms with Crippen molar-refractivity contribution < 1.29 is 18.3 Å². The summed E-state index contributed by atoms with van der Waals surface area (Å²) in [5.74, 6) is -5.20. The molecule has 0 aromatic carbocycles. The normalized spacial score (nSPS) is 11.2. The number of esters is 1. The topological polar surface area (TPSA) is 81.3 Å². The number of carbonyl (C=O) groups is 1. The van der Waals surface area contributed by atoms with Crippen molar-refractivity contribution in [1.29, 1.82) is 0 Å². The number of halogens is 3. The second-order valence-electron chi connectivity index (χ2n) is 3.86. The number of hydrogen-bond donors (Lipinski definition) is 1. The van der Waals surface area contributed by atoms with Gasteiger partial charge in [0.15, 0.2) is 5.82 Å². The van der Waals surface area contributed by atoms with Crippen molar-refractivity contribution >= 4 is 29.1 Å². The SMILES string of the molecule is CCOC(=O)C(F)(F)CN(CC)c1nc(Cl)ncc1N. The highest BCUT2D eigenvalue weighted by Gasteiger charge is 2.42. The number of hydrogen-bond acceptors (Lipinski definition) is 6. The number of rotatable bonds is 6. The van der Waals surface area contributed by atoms with E-state index in [-0.39, 0.29) is 29.9 Å². The maximum atomic E-state index is 13.7. The number of nitrogen functional groups attached to an aromatic ring is 1. The molecular weight excluding hydrogens is 294 g/mol. The molecule has 0 amide bonds. The van der Waals surface area contributed by atoms with Crippen molar-refractivity contribution in [3.05, 3.63) is 11.5 Å². The van der Waals surface area contributed by atoms with Gasteiger partial charge in [0.25, 0.3) is 0 Å². The van der Waals surface area contributed by atoms with Gasteiger partial charge in [0.05, 0.1) is 25.0 Å². The summed E-state index contributed by atoms with van der Waals surface area (Å²) in [7, 11) is 0. The summed E-state index contributed by atoms with van der Waals surface area (Å²) in [6, 6.07) is 0. The molecular formula is C11H15ClF2N4O2. The Balaban J connectivity index is 2.97. The Labute approximate surface area is 119 Å². The van der Waals surface area contributed by atoms with Crippen molar-refractivity contribution in [1.82, 2.24) is 9.97 Å². The van der Waals surface area contributed by atoms with E-state index >= 15 is 0 Å². The molecule has 112 valence electrons. The van der Waals surface area contributed by atoms with Crippen LogP contribution in [0.4, 0.5) is 20.3 Å². The fourth-order valence-electron chi connectivity index (χ4n) is 1.49. The molecule has 0 unspecified atom stereocenters. The Kier molecular flexibility index (Phi) is 5.43. The summed E-state index contributed by atoms with van der Waals surface area (Å²) >= 11 is 5.62. The largest absolute Gasteiger partial charge is 0.462 e. The zero-order valence-corrected chi connectivity index (χ0v) is 11.8. The van der Waals surface area contributed by atoms with Crippen LogP contribution < -0.4 is 10.6 Å². The predicted octanol–water partition coefficient (Wildman–Crippen LogP) is 1.74. The minimum atomic E-state index is -3.67. The lowest BCUT2D eigenvalue weighted by atomic mass is 10.3. The van der Waals surface area contributed by atoms with E-state index in [0.29, 0.717) is 0 Å². The second kappa shape index (κ2) is 6.65. The number of alkyl halides is 2. The van der Waals surface area contributed by atoms with Gasteiger partial charge in [-0.1, -0.05) is 0 Å². The first-order valence-corrected chi connectivity index (χ1v) is 6.27. The van der Waals surface area contributed by atoms with Crippen LogP contribution in [0.2, 0.25) is 5.28 Å². The molecule has 20 heavy (non-hydrogen) atoms. The van der Waals surface area contributed by atoms with Gasteiger partial charge in [0.2, 0.25) is 5.28 Å². The third-order valence-electron chi connectivity index (χ3n) is 2.41. The molecule has 0 aliphatic heterocycles. The summed E-state index contributed by atoms with van der Waals surface area (Å²) in [5.41, 5.74) is 5.73. The number of ether oxygens (including phenoxy) is 1. The average Bonchev–Trinajstić information content (AvgIpc) is 2.39. The van der Waals surface area contributed by atoms with Gasteiger partial charge in [-0.2, -0.15) is 13.8 Å². The van der Waals surface area contributed by atoms with Gasteiger partial charge in [0.1, 0.15) is 0 Å². The summed E-state index contributed by atoms with van der Waals surface area (Å²) in [4.78, 5) is 19.8. The zero-order valence-electron chi connectivity index (χ0n) is 11.1. The lowest BCUT2D eigenvalue weighted by molar-refractivity contribution is -0.169. The maximum absolute atomic E-state index is 13.7. The summed E-state index contributed by atoms with van der Waals surface area (Å²) in [6.07, 6.45) is 1.22. The molecule has 1 aromatic rings. The van der Waals surface area contributed by atoms with Crippen LogP contribution in [0, 0.1) is 0 Å². The molecule has 0 spiro atoms. The van der Waals surface area contributed by atoms with Crippen molar-refractivity contribution in [3.8, 4) is 0 Å². The van der Waals surface area contributed by atoms with Crippen LogP contribution in [0.1, 0.15) is 13.8 Å². The minimum Gasteiger partial charge on any atom is -0.462 e. The lowest BCUT2D eigenvalue weighted by Gasteiger charge is -2.26. The zero-order chi connectivity index (χ0) is 15.3. The number of aromatic nitrogens is 2. The van der Waals surface area contributed by atoms with E-state index in [1.807, 2.05) is 0 Å². The summed E-state index contributed by atoms with van der Waals surface area (Å²) in [5, 5.41) is -0.118. The van der Waals surface area contributed by atoms with E-state index in [2.05, 4.69) is 14.7 Å². The number of anilines is 2. The van der Waals surface area contributed by atoms with Crippen LogP contribution in [0.25, 0.3) is 0 Å². The number of nitrogens with two attached hydrogens (primary N) is 1. The molecule has 0 bridgehead atoms. The van der Waals surface area contributed by atoms with Crippen molar-refractivity contribution in [2.45, 2.75) is 19.8 Å². The van der Waals surface area contributed by atoms with Crippen LogP contribution in [0.5, 0.6) is 0 Å². The smallest absolute Gasteiger partial charge is 0.378 e. The van der Waals surface area contributed by atoms with Crippen molar-refractivity contribution in [3.63, 3.8) is 0 Å². The van der Waals surface area contributed by atoms with Crippen LogP contribution in [0.3, 0.4) is 0 Å². The summed E-state index contributed by atoms with van der Waals surface area (Å²) < 4.78 is 31.8. The number of carbonyl (C=O) groups excluding carboxylic acids is 1. The standard InChI is InChI=1S/C11H15ClF2N4O2/c1-3-18(6-11(13,14)9(19)20-4-2)8-7(15)5-16-10(12)17-8/h5H,3-4,6,15H2,1-2H3. The highest BCUT2D eigenvalue weighted by atomic mass is 35.5. The van der Waals surface area contributed by atoms with Gasteiger partial charge >= 0.3 is 11.9 Å². The fourth-order valence-corrected chi connectivity index (χ4v) is 1.62. The Bertz CT molecular complexity index is 487.